The Morgan fingerprint density at radius 1 is 1.22 bits per heavy atom. The molecule has 3 rings (SSSR count). The van der Waals surface area contributed by atoms with Gasteiger partial charge in [-0.1, -0.05) is 30.3 Å². The summed E-state index contributed by atoms with van der Waals surface area (Å²) < 4.78 is 2.26. The first-order valence-electron chi connectivity index (χ1n) is 7.31. The average molecular weight is 326 g/mol. The van der Waals surface area contributed by atoms with E-state index in [2.05, 4.69) is 35.9 Å². The van der Waals surface area contributed by atoms with Crippen molar-refractivity contribution in [3.8, 4) is 0 Å². The molecule has 0 saturated carbocycles. The maximum Gasteiger partial charge on any atom is 0.274 e. The molecule has 0 fully saturated rings. The Labute approximate surface area is 139 Å². The summed E-state index contributed by atoms with van der Waals surface area (Å²) in [5.74, 6) is -0.495. The van der Waals surface area contributed by atoms with Gasteiger partial charge in [0.2, 0.25) is 0 Å². The number of amides is 1. The molecule has 2 aromatic carbocycles. The topological polar surface area (TPSA) is 54.3 Å². The molecule has 0 unspecified atom stereocenters. The smallest absolute Gasteiger partial charge is 0.274 e. The summed E-state index contributed by atoms with van der Waals surface area (Å²) >= 11 is 1.75. The Balaban J connectivity index is 2.05. The number of hydrogen-bond donors (Lipinski definition) is 2. The van der Waals surface area contributed by atoms with Crippen molar-refractivity contribution < 1.29 is 10.0 Å². The van der Waals surface area contributed by atoms with Gasteiger partial charge in [0.1, 0.15) is 0 Å². The van der Waals surface area contributed by atoms with E-state index in [1.54, 1.807) is 29.4 Å². The molecule has 0 radical (unpaired) electrons. The first-order valence-corrected chi connectivity index (χ1v) is 8.53. The van der Waals surface area contributed by atoms with E-state index >= 15 is 0 Å². The van der Waals surface area contributed by atoms with Gasteiger partial charge in [-0.2, -0.15) is 0 Å². The van der Waals surface area contributed by atoms with Gasteiger partial charge < -0.3 is 4.57 Å². The molecule has 0 aliphatic carbocycles. The van der Waals surface area contributed by atoms with Gasteiger partial charge >= 0.3 is 0 Å². The zero-order chi connectivity index (χ0) is 16.4. The highest BCUT2D eigenvalue weighted by atomic mass is 32.2. The third-order valence-corrected chi connectivity index (χ3v) is 4.93. The Bertz CT molecular complexity index is 871. The van der Waals surface area contributed by atoms with Gasteiger partial charge in [0.15, 0.2) is 0 Å². The van der Waals surface area contributed by atoms with Gasteiger partial charge in [-0.3, -0.25) is 10.0 Å². The van der Waals surface area contributed by atoms with Crippen LogP contribution in [0.5, 0.6) is 0 Å². The van der Waals surface area contributed by atoms with Gasteiger partial charge in [-0.15, -0.1) is 11.8 Å². The van der Waals surface area contributed by atoms with Crippen LogP contribution in [0.3, 0.4) is 0 Å². The van der Waals surface area contributed by atoms with Crippen molar-refractivity contribution >= 4 is 28.6 Å². The summed E-state index contributed by atoms with van der Waals surface area (Å²) in [6.07, 6.45) is 2.09. The Kier molecular flexibility index (Phi) is 4.41. The summed E-state index contributed by atoms with van der Waals surface area (Å²) in [6, 6.07) is 15.7. The molecule has 5 heteroatoms. The van der Waals surface area contributed by atoms with E-state index in [0.717, 1.165) is 5.56 Å². The molecule has 3 aromatic rings. The largest absolute Gasteiger partial charge is 0.339 e. The Hall–Kier alpha value is -2.24. The van der Waals surface area contributed by atoms with Crippen molar-refractivity contribution in [3.05, 3.63) is 65.4 Å². The summed E-state index contributed by atoms with van der Waals surface area (Å²) in [5, 5.41) is 10.0. The molecule has 0 aliphatic heterocycles. The zero-order valence-corrected chi connectivity index (χ0v) is 13.9. The maximum absolute atomic E-state index is 11.6. The lowest BCUT2D eigenvalue weighted by Crippen LogP contribution is -2.18. The van der Waals surface area contributed by atoms with E-state index in [0.29, 0.717) is 12.1 Å². The molecule has 0 atom stereocenters. The standard InChI is InChI=1S/C18H18N2O2S/c1-12-17(23-2)15-8-3-4-9-16(15)20(12)11-13-6-5-7-14(10-13)18(21)19-22/h3-10,22H,11H2,1-2H3,(H,19,21). The molecule has 1 heterocycles. The quantitative estimate of drug-likeness (QED) is 0.435. The van der Waals surface area contributed by atoms with E-state index in [9.17, 15) is 4.79 Å². The van der Waals surface area contributed by atoms with Crippen molar-refractivity contribution in [1.29, 1.82) is 0 Å². The van der Waals surface area contributed by atoms with Crippen molar-refractivity contribution in [2.24, 2.45) is 0 Å². The van der Waals surface area contributed by atoms with Crippen LogP contribution in [0.15, 0.2) is 53.4 Å². The van der Waals surface area contributed by atoms with Crippen LogP contribution in [0.25, 0.3) is 10.9 Å². The van der Waals surface area contributed by atoms with Crippen LogP contribution in [0.4, 0.5) is 0 Å². The molecule has 0 spiro atoms. The molecule has 2 N–H and O–H groups in total. The number of carbonyl (C=O) groups excluding carboxylic acids is 1. The number of fused-ring (bicyclic) bond motifs is 1. The van der Waals surface area contributed by atoms with Crippen LogP contribution in [-0.4, -0.2) is 21.9 Å². The number of nitrogens with one attached hydrogen (secondary N) is 1. The molecule has 0 bridgehead atoms. The predicted octanol–water partition coefficient (Wildman–Crippen LogP) is 3.84. The van der Waals surface area contributed by atoms with E-state index in [-0.39, 0.29) is 0 Å². The maximum atomic E-state index is 11.6. The summed E-state index contributed by atoms with van der Waals surface area (Å²) in [7, 11) is 0. The number of nitrogens with zero attached hydrogens (tertiary/aromatic N) is 1. The number of carbonyl (C=O) groups is 1. The van der Waals surface area contributed by atoms with E-state index in [4.69, 9.17) is 5.21 Å². The third-order valence-electron chi connectivity index (χ3n) is 4.01. The van der Waals surface area contributed by atoms with Gasteiger partial charge in [-0.05, 0) is 36.9 Å². The van der Waals surface area contributed by atoms with Crippen LogP contribution in [0.1, 0.15) is 21.6 Å². The lowest BCUT2D eigenvalue weighted by molar-refractivity contribution is 0.0706. The lowest BCUT2D eigenvalue weighted by atomic mass is 10.1. The van der Waals surface area contributed by atoms with Crippen LogP contribution in [-0.2, 0) is 6.54 Å². The van der Waals surface area contributed by atoms with Gasteiger partial charge in [-0.25, -0.2) is 5.48 Å². The second kappa shape index (κ2) is 6.48. The molecule has 118 valence electrons. The molecule has 4 nitrogen and oxygen atoms in total. The van der Waals surface area contributed by atoms with Crippen LogP contribution >= 0.6 is 11.8 Å². The number of para-hydroxylation sites is 1. The minimum absolute atomic E-state index is 0.448. The fourth-order valence-corrected chi connectivity index (χ4v) is 3.72. The van der Waals surface area contributed by atoms with E-state index in [1.807, 2.05) is 18.2 Å². The number of hydrogen-bond acceptors (Lipinski definition) is 3. The Morgan fingerprint density at radius 2 is 2.00 bits per heavy atom. The predicted molar refractivity (Wildman–Crippen MR) is 93.3 cm³/mol. The van der Waals surface area contributed by atoms with Gasteiger partial charge in [0, 0.05) is 33.6 Å². The molecule has 0 aliphatic rings. The number of thioether (sulfide) groups is 1. The molecule has 1 amide bonds. The first-order chi connectivity index (χ1) is 11.2. The first kappa shape index (κ1) is 15.6. The summed E-state index contributed by atoms with van der Waals surface area (Å²) in [6.45, 7) is 2.80. The highest BCUT2D eigenvalue weighted by Gasteiger charge is 2.13. The number of aromatic nitrogens is 1. The molecule has 1 aromatic heterocycles. The van der Waals surface area contributed by atoms with Gasteiger partial charge in [0.05, 0.1) is 0 Å². The van der Waals surface area contributed by atoms with E-state index < -0.39 is 5.91 Å². The summed E-state index contributed by atoms with van der Waals surface area (Å²) in [5.41, 5.74) is 5.55. The zero-order valence-electron chi connectivity index (χ0n) is 13.0. The number of hydroxylamine groups is 1. The fourth-order valence-electron chi connectivity index (χ4n) is 2.92. The molecular weight excluding hydrogens is 308 g/mol. The minimum atomic E-state index is -0.495. The van der Waals surface area contributed by atoms with Crippen LogP contribution in [0, 0.1) is 6.92 Å². The van der Waals surface area contributed by atoms with Crippen LogP contribution < -0.4 is 5.48 Å². The third kappa shape index (κ3) is 2.85. The second-order valence-corrected chi connectivity index (χ2v) is 6.18. The van der Waals surface area contributed by atoms with Crippen molar-refractivity contribution in [2.75, 3.05) is 6.26 Å². The SMILES string of the molecule is CSc1c(C)n(Cc2cccc(C(=O)NO)c2)c2ccccc12. The molecule has 0 saturated heterocycles. The average Bonchev–Trinajstić information content (AvgIpc) is 2.86. The van der Waals surface area contributed by atoms with Gasteiger partial charge in [0.25, 0.3) is 5.91 Å². The summed E-state index contributed by atoms with van der Waals surface area (Å²) in [4.78, 5) is 12.9. The van der Waals surface area contributed by atoms with Crippen molar-refractivity contribution in [1.82, 2.24) is 10.0 Å². The molecular formula is C18H18N2O2S. The normalized spacial score (nSPS) is 10.9. The van der Waals surface area contributed by atoms with Crippen molar-refractivity contribution in [2.45, 2.75) is 18.4 Å². The highest BCUT2D eigenvalue weighted by Crippen LogP contribution is 2.33. The van der Waals surface area contributed by atoms with E-state index in [1.165, 1.54) is 21.5 Å². The fraction of sp³-hybridized carbons (Fsp3) is 0.167. The lowest BCUT2D eigenvalue weighted by Gasteiger charge is -2.10. The molecule has 23 heavy (non-hydrogen) atoms. The Morgan fingerprint density at radius 3 is 2.74 bits per heavy atom. The van der Waals surface area contributed by atoms with Crippen LogP contribution in [0.2, 0.25) is 0 Å². The number of rotatable bonds is 4. The monoisotopic (exact) mass is 326 g/mol. The minimum Gasteiger partial charge on any atom is -0.339 e. The van der Waals surface area contributed by atoms with Crippen molar-refractivity contribution in [3.63, 3.8) is 0 Å². The number of benzene rings is 2. The highest BCUT2D eigenvalue weighted by molar-refractivity contribution is 7.98. The second-order valence-electron chi connectivity index (χ2n) is 5.36.